The molecule has 96 valence electrons. The lowest BCUT2D eigenvalue weighted by molar-refractivity contribution is 0.110. The second-order valence-electron chi connectivity index (χ2n) is 4.23. The lowest BCUT2D eigenvalue weighted by atomic mass is 10.2. The van der Waals surface area contributed by atoms with Crippen molar-refractivity contribution in [2.24, 2.45) is 5.92 Å². The number of ether oxygens (including phenoxy) is 1. The van der Waals surface area contributed by atoms with Crippen LogP contribution in [-0.2, 0) is 4.74 Å². The van der Waals surface area contributed by atoms with Gasteiger partial charge in [-0.2, -0.15) is 0 Å². The van der Waals surface area contributed by atoms with E-state index < -0.39 is 5.82 Å². The predicted octanol–water partition coefficient (Wildman–Crippen LogP) is 3.35. The van der Waals surface area contributed by atoms with Crippen LogP contribution < -0.4 is 5.32 Å². The lowest BCUT2D eigenvalue weighted by Crippen LogP contribution is -2.10. The molecule has 0 aromatic carbocycles. The molecule has 1 aromatic rings. The van der Waals surface area contributed by atoms with Crippen molar-refractivity contribution < 1.29 is 9.13 Å². The summed E-state index contributed by atoms with van der Waals surface area (Å²) in [4.78, 5) is 3.86. The molecule has 0 unspecified atom stereocenters. The monoisotopic (exact) mass is 260 g/mol. The smallest absolute Gasteiger partial charge is 0.166 e. The summed E-state index contributed by atoms with van der Waals surface area (Å²) >= 11 is 5.60. The molecule has 1 heterocycles. The molecule has 0 saturated heterocycles. The van der Waals surface area contributed by atoms with Crippen molar-refractivity contribution in [3.63, 3.8) is 0 Å². The first kappa shape index (κ1) is 14.2. The molecule has 0 aliphatic rings. The summed E-state index contributed by atoms with van der Waals surface area (Å²) in [5.41, 5.74) is 0. The van der Waals surface area contributed by atoms with Gasteiger partial charge in [-0.25, -0.2) is 9.37 Å². The molecule has 0 amide bonds. The highest BCUT2D eigenvalue weighted by molar-refractivity contribution is 6.30. The summed E-state index contributed by atoms with van der Waals surface area (Å²) in [6, 6.07) is 1.24. The van der Waals surface area contributed by atoms with E-state index in [2.05, 4.69) is 24.1 Å². The average molecular weight is 261 g/mol. The maximum absolute atomic E-state index is 13.3. The minimum atomic E-state index is -0.430. The predicted molar refractivity (Wildman–Crippen MR) is 68.0 cm³/mol. The van der Waals surface area contributed by atoms with Crippen molar-refractivity contribution in [1.29, 1.82) is 0 Å². The molecule has 0 aliphatic heterocycles. The number of pyridine rings is 1. The lowest BCUT2D eigenvalue weighted by Gasteiger charge is -2.08. The minimum Gasteiger partial charge on any atom is -0.381 e. The second-order valence-corrected chi connectivity index (χ2v) is 4.67. The number of hydrogen-bond donors (Lipinski definition) is 1. The Morgan fingerprint density at radius 1 is 1.53 bits per heavy atom. The van der Waals surface area contributed by atoms with Crippen LogP contribution in [0.25, 0.3) is 0 Å². The average Bonchev–Trinajstić information content (AvgIpc) is 2.25. The highest BCUT2D eigenvalue weighted by Crippen LogP contribution is 2.15. The molecule has 0 saturated carbocycles. The highest BCUT2D eigenvalue weighted by atomic mass is 35.5. The van der Waals surface area contributed by atoms with Gasteiger partial charge in [0.15, 0.2) is 11.6 Å². The Bertz CT molecular complexity index is 347. The summed E-state index contributed by atoms with van der Waals surface area (Å²) in [6.45, 7) is 6.26. The van der Waals surface area contributed by atoms with Gasteiger partial charge in [-0.3, -0.25) is 0 Å². The van der Waals surface area contributed by atoms with Crippen molar-refractivity contribution >= 4 is 17.4 Å². The summed E-state index contributed by atoms with van der Waals surface area (Å²) in [5.74, 6) is 0.345. The van der Waals surface area contributed by atoms with Crippen LogP contribution in [0.1, 0.15) is 20.3 Å². The molecule has 0 radical (unpaired) electrons. The first-order valence-corrected chi connectivity index (χ1v) is 6.10. The van der Waals surface area contributed by atoms with Crippen LogP contribution in [0.5, 0.6) is 0 Å². The van der Waals surface area contributed by atoms with Crippen molar-refractivity contribution in [2.45, 2.75) is 20.3 Å². The summed E-state index contributed by atoms with van der Waals surface area (Å²) in [7, 11) is 0. The Kier molecular flexibility index (Phi) is 6.22. The van der Waals surface area contributed by atoms with Gasteiger partial charge in [0.2, 0.25) is 0 Å². The van der Waals surface area contributed by atoms with Gasteiger partial charge in [-0.15, -0.1) is 0 Å². The van der Waals surface area contributed by atoms with E-state index in [1.54, 1.807) is 0 Å². The summed E-state index contributed by atoms with van der Waals surface area (Å²) in [6.07, 6.45) is 2.23. The number of hydrogen-bond acceptors (Lipinski definition) is 3. The Morgan fingerprint density at radius 3 is 2.94 bits per heavy atom. The van der Waals surface area contributed by atoms with Gasteiger partial charge >= 0.3 is 0 Å². The largest absolute Gasteiger partial charge is 0.381 e. The molecular formula is C12H18ClFN2O. The van der Waals surface area contributed by atoms with Gasteiger partial charge < -0.3 is 10.1 Å². The Labute approximate surface area is 106 Å². The molecule has 0 aliphatic carbocycles. The van der Waals surface area contributed by atoms with Crippen molar-refractivity contribution in [2.75, 3.05) is 25.1 Å². The molecule has 1 N–H and O–H groups in total. The molecule has 17 heavy (non-hydrogen) atoms. The fourth-order valence-electron chi connectivity index (χ4n) is 1.24. The highest BCUT2D eigenvalue weighted by Gasteiger charge is 2.03. The maximum Gasteiger partial charge on any atom is 0.166 e. The molecular weight excluding hydrogens is 243 g/mol. The standard InChI is InChI=1S/C12H18ClFN2O/c1-9(2)8-17-5-3-4-15-12-11(14)6-10(13)7-16-12/h6-7,9H,3-5,8H2,1-2H3,(H,15,16). The van der Waals surface area contributed by atoms with E-state index in [1.807, 2.05) is 0 Å². The van der Waals surface area contributed by atoms with Gasteiger partial charge in [0.05, 0.1) is 5.02 Å². The topological polar surface area (TPSA) is 34.1 Å². The van der Waals surface area contributed by atoms with Crippen LogP contribution >= 0.6 is 11.6 Å². The molecule has 3 nitrogen and oxygen atoms in total. The van der Waals surface area contributed by atoms with Gasteiger partial charge in [-0.05, 0) is 18.4 Å². The summed E-state index contributed by atoms with van der Waals surface area (Å²) < 4.78 is 18.7. The molecule has 1 aromatic heterocycles. The number of nitrogens with zero attached hydrogens (tertiary/aromatic N) is 1. The maximum atomic E-state index is 13.3. The van der Waals surface area contributed by atoms with E-state index in [4.69, 9.17) is 16.3 Å². The number of halogens is 2. The van der Waals surface area contributed by atoms with Crippen LogP contribution in [0.4, 0.5) is 10.2 Å². The zero-order valence-electron chi connectivity index (χ0n) is 10.2. The van der Waals surface area contributed by atoms with E-state index >= 15 is 0 Å². The van der Waals surface area contributed by atoms with Gasteiger partial charge in [0.25, 0.3) is 0 Å². The second kappa shape index (κ2) is 7.45. The third-order valence-electron chi connectivity index (χ3n) is 2.02. The molecule has 5 heteroatoms. The third-order valence-corrected chi connectivity index (χ3v) is 2.22. The van der Waals surface area contributed by atoms with Gasteiger partial charge in [0, 0.05) is 26.0 Å². The molecule has 0 spiro atoms. The van der Waals surface area contributed by atoms with Crippen LogP contribution in [0.15, 0.2) is 12.3 Å². The molecule has 0 bridgehead atoms. The van der Waals surface area contributed by atoms with Crippen LogP contribution in [-0.4, -0.2) is 24.7 Å². The molecule has 0 fully saturated rings. The summed E-state index contributed by atoms with van der Waals surface area (Å²) in [5, 5.41) is 3.20. The minimum absolute atomic E-state index is 0.234. The van der Waals surface area contributed by atoms with Crippen LogP contribution in [0, 0.1) is 11.7 Å². The zero-order valence-corrected chi connectivity index (χ0v) is 10.9. The van der Waals surface area contributed by atoms with Crippen molar-refractivity contribution in [3.05, 3.63) is 23.1 Å². The van der Waals surface area contributed by atoms with E-state index in [-0.39, 0.29) is 5.82 Å². The Balaban J connectivity index is 2.18. The van der Waals surface area contributed by atoms with Crippen LogP contribution in [0.3, 0.4) is 0 Å². The van der Waals surface area contributed by atoms with E-state index in [0.717, 1.165) is 13.0 Å². The Morgan fingerprint density at radius 2 is 2.29 bits per heavy atom. The van der Waals surface area contributed by atoms with E-state index in [9.17, 15) is 4.39 Å². The van der Waals surface area contributed by atoms with Crippen molar-refractivity contribution in [1.82, 2.24) is 4.98 Å². The first-order valence-electron chi connectivity index (χ1n) is 5.72. The van der Waals surface area contributed by atoms with E-state index in [1.165, 1.54) is 12.3 Å². The van der Waals surface area contributed by atoms with Crippen molar-refractivity contribution in [3.8, 4) is 0 Å². The van der Waals surface area contributed by atoms with Crippen LogP contribution in [0.2, 0.25) is 5.02 Å². The molecule has 0 atom stereocenters. The van der Waals surface area contributed by atoms with E-state index in [0.29, 0.717) is 24.1 Å². The fourth-order valence-corrected chi connectivity index (χ4v) is 1.39. The number of nitrogens with one attached hydrogen (secondary N) is 1. The number of anilines is 1. The fraction of sp³-hybridized carbons (Fsp3) is 0.583. The van der Waals surface area contributed by atoms with Gasteiger partial charge in [-0.1, -0.05) is 25.4 Å². The molecule has 1 rings (SSSR count). The number of rotatable bonds is 7. The normalized spacial score (nSPS) is 10.9. The SMILES string of the molecule is CC(C)COCCCNc1ncc(Cl)cc1F. The zero-order chi connectivity index (χ0) is 12.7. The quantitative estimate of drug-likeness (QED) is 0.764. The Hall–Kier alpha value is -0.870. The first-order chi connectivity index (χ1) is 8.09. The number of aromatic nitrogens is 1. The third kappa shape index (κ3) is 5.84. The van der Waals surface area contributed by atoms with Gasteiger partial charge in [0.1, 0.15) is 0 Å².